The van der Waals surface area contributed by atoms with Gasteiger partial charge in [-0.3, -0.25) is 9.36 Å². The highest BCUT2D eigenvalue weighted by atomic mass is 35.5. The van der Waals surface area contributed by atoms with Crippen molar-refractivity contribution in [3.63, 3.8) is 0 Å². The minimum absolute atomic E-state index is 0.122. The summed E-state index contributed by atoms with van der Waals surface area (Å²) in [6, 6.07) is 16.8. The lowest BCUT2D eigenvalue weighted by Crippen LogP contribution is -2.25. The molecule has 0 atom stereocenters. The van der Waals surface area contributed by atoms with Crippen LogP contribution in [0.15, 0.2) is 53.3 Å². The Labute approximate surface area is 139 Å². The first kappa shape index (κ1) is 15.3. The molecule has 0 unspecified atom stereocenters. The number of pyridine rings is 1. The summed E-state index contributed by atoms with van der Waals surface area (Å²) in [6.45, 7) is 3.79. The van der Waals surface area contributed by atoms with E-state index in [0.29, 0.717) is 21.7 Å². The summed E-state index contributed by atoms with van der Waals surface area (Å²) in [5, 5.41) is 11.6. The maximum Gasteiger partial charge on any atom is 0.259 e. The first-order valence-corrected chi connectivity index (χ1v) is 7.76. The number of halogens is 1. The van der Waals surface area contributed by atoms with E-state index in [9.17, 15) is 10.1 Å². The van der Waals surface area contributed by atoms with E-state index in [1.165, 1.54) is 0 Å². The molecule has 0 radical (unpaired) electrons. The largest absolute Gasteiger partial charge is 0.296 e. The fourth-order valence-electron chi connectivity index (χ4n) is 2.91. The molecule has 3 aromatic rings. The Morgan fingerprint density at radius 1 is 1.04 bits per heavy atom. The maximum absolute atomic E-state index is 12.8. The SMILES string of the molecule is CC(C)n1c(C#N)c(-c2ccccc2Cl)c2ccccc2c1=O. The van der Waals surface area contributed by atoms with E-state index < -0.39 is 0 Å². The van der Waals surface area contributed by atoms with Crippen LogP contribution in [0.3, 0.4) is 0 Å². The third-order valence-corrected chi connectivity index (χ3v) is 4.22. The fraction of sp³-hybridized carbons (Fsp3) is 0.158. The topological polar surface area (TPSA) is 45.8 Å². The summed E-state index contributed by atoms with van der Waals surface area (Å²) in [4.78, 5) is 12.8. The Morgan fingerprint density at radius 3 is 2.26 bits per heavy atom. The Hall–Kier alpha value is -2.57. The highest BCUT2D eigenvalue weighted by Gasteiger charge is 2.20. The van der Waals surface area contributed by atoms with Crippen molar-refractivity contribution in [2.75, 3.05) is 0 Å². The summed E-state index contributed by atoms with van der Waals surface area (Å²) in [6.07, 6.45) is 0. The van der Waals surface area contributed by atoms with Gasteiger partial charge in [-0.25, -0.2) is 0 Å². The molecule has 4 heteroatoms. The van der Waals surface area contributed by atoms with E-state index in [1.807, 2.05) is 50.2 Å². The quantitative estimate of drug-likeness (QED) is 0.682. The lowest BCUT2D eigenvalue weighted by Gasteiger charge is -2.19. The summed E-state index contributed by atoms with van der Waals surface area (Å²) in [5.74, 6) is 0. The number of benzene rings is 2. The van der Waals surface area contributed by atoms with E-state index in [2.05, 4.69) is 6.07 Å². The average Bonchev–Trinajstić information content (AvgIpc) is 2.55. The normalized spacial score (nSPS) is 10.9. The molecule has 0 aliphatic heterocycles. The van der Waals surface area contributed by atoms with Crippen molar-refractivity contribution in [2.24, 2.45) is 0 Å². The zero-order valence-corrected chi connectivity index (χ0v) is 13.6. The van der Waals surface area contributed by atoms with Gasteiger partial charge in [-0.05, 0) is 31.4 Å². The third-order valence-electron chi connectivity index (χ3n) is 3.89. The second kappa shape index (κ2) is 5.91. The van der Waals surface area contributed by atoms with Gasteiger partial charge in [-0.15, -0.1) is 0 Å². The molecule has 0 spiro atoms. The van der Waals surface area contributed by atoms with Gasteiger partial charge in [0.15, 0.2) is 0 Å². The van der Waals surface area contributed by atoms with Crippen LogP contribution in [0.2, 0.25) is 5.02 Å². The number of nitrogens with zero attached hydrogens (tertiary/aromatic N) is 2. The first-order chi connectivity index (χ1) is 11.1. The van der Waals surface area contributed by atoms with Crippen molar-refractivity contribution in [1.82, 2.24) is 4.57 Å². The van der Waals surface area contributed by atoms with Crippen LogP contribution in [-0.2, 0) is 0 Å². The van der Waals surface area contributed by atoms with E-state index in [-0.39, 0.29) is 11.6 Å². The molecule has 0 fully saturated rings. The van der Waals surface area contributed by atoms with Crippen LogP contribution in [0.5, 0.6) is 0 Å². The zero-order chi connectivity index (χ0) is 16.6. The van der Waals surface area contributed by atoms with Crippen LogP contribution >= 0.6 is 11.6 Å². The molecular formula is C19H15ClN2O. The molecule has 0 saturated carbocycles. The minimum atomic E-state index is -0.150. The molecular weight excluding hydrogens is 308 g/mol. The summed E-state index contributed by atoms with van der Waals surface area (Å²) in [5.41, 5.74) is 1.66. The zero-order valence-electron chi connectivity index (χ0n) is 12.9. The van der Waals surface area contributed by atoms with Gasteiger partial charge in [0.05, 0.1) is 0 Å². The summed E-state index contributed by atoms with van der Waals surface area (Å²) >= 11 is 6.36. The van der Waals surface area contributed by atoms with Crippen molar-refractivity contribution in [2.45, 2.75) is 19.9 Å². The monoisotopic (exact) mass is 322 g/mol. The molecule has 1 heterocycles. The Bertz CT molecular complexity index is 996. The molecule has 3 nitrogen and oxygen atoms in total. The molecule has 0 aliphatic rings. The van der Waals surface area contributed by atoms with Crippen LogP contribution in [-0.4, -0.2) is 4.57 Å². The van der Waals surface area contributed by atoms with E-state index in [4.69, 9.17) is 11.6 Å². The lowest BCUT2D eigenvalue weighted by atomic mass is 9.96. The summed E-state index contributed by atoms with van der Waals surface area (Å²) in [7, 11) is 0. The number of hydrogen-bond acceptors (Lipinski definition) is 2. The van der Waals surface area contributed by atoms with Crippen molar-refractivity contribution < 1.29 is 0 Å². The van der Waals surface area contributed by atoms with Crippen LogP contribution in [0.1, 0.15) is 25.6 Å². The predicted molar refractivity (Wildman–Crippen MR) is 93.8 cm³/mol. The molecule has 23 heavy (non-hydrogen) atoms. The number of aromatic nitrogens is 1. The van der Waals surface area contributed by atoms with Gasteiger partial charge in [-0.1, -0.05) is 48.0 Å². The van der Waals surface area contributed by atoms with Crippen molar-refractivity contribution in [3.8, 4) is 17.2 Å². The second-order valence-electron chi connectivity index (χ2n) is 5.63. The highest BCUT2D eigenvalue weighted by molar-refractivity contribution is 6.33. The molecule has 1 aromatic heterocycles. The van der Waals surface area contributed by atoms with Crippen LogP contribution < -0.4 is 5.56 Å². The number of rotatable bonds is 2. The smallest absolute Gasteiger partial charge is 0.259 e. The average molecular weight is 323 g/mol. The van der Waals surface area contributed by atoms with Gasteiger partial charge in [-0.2, -0.15) is 5.26 Å². The molecule has 0 N–H and O–H groups in total. The fourth-order valence-corrected chi connectivity index (χ4v) is 3.14. The van der Waals surface area contributed by atoms with Gasteiger partial charge in [0.25, 0.3) is 5.56 Å². The van der Waals surface area contributed by atoms with Crippen LogP contribution in [0.25, 0.3) is 21.9 Å². The molecule has 0 aliphatic carbocycles. The third kappa shape index (κ3) is 2.42. The first-order valence-electron chi connectivity index (χ1n) is 7.38. The molecule has 3 rings (SSSR count). The maximum atomic E-state index is 12.8. The van der Waals surface area contributed by atoms with Crippen LogP contribution in [0.4, 0.5) is 0 Å². The minimum Gasteiger partial charge on any atom is -0.296 e. The van der Waals surface area contributed by atoms with Gasteiger partial charge in [0.2, 0.25) is 0 Å². The van der Waals surface area contributed by atoms with Gasteiger partial charge in [0, 0.05) is 27.6 Å². The number of hydrogen-bond donors (Lipinski definition) is 0. The van der Waals surface area contributed by atoms with Gasteiger partial charge in [0.1, 0.15) is 11.8 Å². The molecule has 2 aromatic carbocycles. The Morgan fingerprint density at radius 2 is 1.65 bits per heavy atom. The Kier molecular flexibility index (Phi) is 3.94. The number of fused-ring (bicyclic) bond motifs is 1. The van der Waals surface area contributed by atoms with E-state index in [1.54, 1.807) is 16.7 Å². The lowest BCUT2D eigenvalue weighted by molar-refractivity contribution is 0.577. The second-order valence-corrected chi connectivity index (χ2v) is 6.04. The van der Waals surface area contributed by atoms with Crippen molar-refractivity contribution in [3.05, 3.63) is 69.6 Å². The highest BCUT2D eigenvalue weighted by Crippen LogP contribution is 2.35. The summed E-state index contributed by atoms with van der Waals surface area (Å²) < 4.78 is 1.54. The Balaban J connectivity index is 2.60. The molecule has 0 saturated heterocycles. The molecule has 114 valence electrons. The van der Waals surface area contributed by atoms with Crippen molar-refractivity contribution in [1.29, 1.82) is 5.26 Å². The number of nitriles is 1. The van der Waals surface area contributed by atoms with E-state index in [0.717, 1.165) is 10.9 Å². The van der Waals surface area contributed by atoms with Crippen molar-refractivity contribution >= 4 is 22.4 Å². The standard InChI is InChI=1S/C19H15ClN2O/c1-12(2)22-17(11-21)18(15-9-5-6-10-16(15)20)13-7-3-4-8-14(13)19(22)23/h3-10,12H,1-2H3. The predicted octanol–water partition coefficient (Wildman–Crippen LogP) is 4.77. The van der Waals surface area contributed by atoms with Gasteiger partial charge < -0.3 is 0 Å². The van der Waals surface area contributed by atoms with Crippen LogP contribution in [0, 0.1) is 11.3 Å². The van der Waals surface area contributed by atoms with Gasteiger partial charge >= 0.3 is 0 Å². The molecule has 0 amide bonds. The molecule has 0 bridgehead atoms. The van der Waals surface area contributed by atoms with E-state index >= 15 is 0 Å².